The van der Waals surface area contributed by atoms with Crippen molar-refractivity contribution in [2.45, 2.75) is 40.2 Å². The molecule has 1 aromatic heterocycles. The highest BCUT2D eigenvalue weighted by Gasteiger charge is 2.57. The molecule has 2 unspecified atom stereocenters. The van der Waals surface area contributed by atoms with E-state index in [2.05, 4.69) is 15.6 Å². The van der Waals surface area contributed by atoms with E-state index in [0.717, 1.165) is 11.3 Å². The van der Waals surface area contributed by atoms with Crippen LogP contribution in [0.1, 0.15) is 39.2 Å². The molecule has 5 heteroatoms. The number of carbonyl (C=O) groups is 2. The maximum atomic E-state index is 13.0. The van der Waals surface area contributed by atoms with Gasteiger partial charge in [0, 0.05) is 30.5 Å². The summed E-state index contributed by atoms with van der Waals surface area (Å²) in [6.45, 7) is 6.53. The van der Waals surface area contributed by atoms with Crippen LogP contribution in [0, 0.1) is 16.7 Å². The normalized spacial score (nSPS) is 23.6. The number of amides is 2. The lowest BCUT2D eigenvalue weighted by Gasteiger charge is -2.40. The Hall–Kier alpha value is -2.69. The zero-order valence-corrected chi connectivity index (χ0v) is 16.2. The van der Waals surface area contributed by atoms with E-state index >= 15 is 0 Å². The molecule has 3 rings (SSSR count). The Balaban J connectivity index is 1.69. The highest BCUT2D eigenvalue weighted by atomic mass is 16.2. The first-order valence-electron chi connectivity index (χ1n) is 9.38. The molecule has 1 saturated carbocycles. The van der Waals surface area contributed by atoms with Crippen LogP contribution >= 0.6 is 0 Å². The van der Waals surface area contributed by atoms with Crippen LogP contribution in [0.3, 0.4) is 0 Å². The number of rotatable bonds is 5. The van der Waals surface area contributed by atoms with Crippen LogP contribution in [0.25, 0.3) is 0 Å². The van der Waals surface area contributed by atoms with Crippen LogP contribution < -0.4 is 10.6 Å². The largest absolute Gasteiger partial charge is 0.352 e. The van der Waals surface area contributed by atoms with E-state index in [9.17, 15) is 9.59 Å². The number of aromatic nitrogens is 1. The van der Waals surface area contributed by atoms with E-state index < -0.39 is 10.8 Å². The maximum Gasteiger partial charge on any atom is 0.228 e. The first-order chi connectivity index (χ1) is 12.8. The maximum absolute atomic E-state index is 13.0. The second-order valence-electron chi connectivity index (χ2n) is 8.04. The standard InChI is InChI=1S/C22H27N3O2/c1-21(2)18(19(26)25-17-10-13-23-14-11-17)9-12-22(21,3)20(27)24-15-16-7-5-4-6-8-16/h4-8,10-11,13-14,18H,9,12,15H2,1-3H3,(H,24,27)(H,23,25,26). The zero-order valence-electron chi connectivity index (χ0n) is 16.2. The zero-order chi connectivity index (χ0) is 19.5. The van der Waals surface area contributed by atoms with E-state index in [4.69, 9.17) is 0 Å². The minimum absolute atomic E-state index is 0.00978. The summed E-state index contributed by atoms with van der Waals surface area (Å²) in [5.74, 6) is -0.250. The average molecular weight is 365 g/mol. The van der Waals surface area contributed by atoms with Gasteiger partial charge in [0.25, 0.3) is 0 Å². The highest BCUT2D eigenvalue weighted by molar-refractivity contribution is 5.95. The second-order valence-corrected chi connectivity index (χ2v) is 8.04. The average Bonchev–Trinajstić information content (AvgIpc) is 2.92. The van der Waals surface area contributed by atoms with Crippen molar-refractivity contribution in [2.75, 3.05) is 5.32 Å². The van der Waals surface area contributed by atoms with Gasteiger partial charge >= 0.3 is 0 Å². The molecule has 2 amide bonds. The summed E-state index contributed by atoms with van der Waals surface area (Å²) in [6, 6.07) is 13.4. The lowest BCUT2D eigenvalue weighted by Crippen LogP contribution is -2.48. The van der Waals surface area contributed by atoms with E-state index in [1.165, 1.54) is 0 Å². The summed E-state index contributed by atoms with van der Waals surface area (Å²) in [5, 5.41) is 6.03. The Morgan fingerprint density at radius 3 is 2.41 bits per heavy atom. The van der Waals surface area contributed by atoms with Crippen LogP contribution in [-0.2, 0) is 16.1 Å². The van der Waals surface area contributed by atoms with Crippen molar-refractivity contribution in [3.63, 3.8) is 0 Å². The quantitative estimate of drug-likeness (QED) is 0.847. The van der Waals surface area contributed by atoms with Crippen molar-refractivity contribution < 1.29 is 9.59 Å². The van der Waals surface area contributed by atoms with Gasteiger partial charge in [0.15, 0.2) is 0 Å². The lowest BCUT2D eigenvalue weighted by atomic mass is 9.65. The minimum Gasteiger partial charge on any atom is -0.352 e. The lowest BCUT2D eigenvalue weighted by molar-refractivity contribution is -0.137. The number of pyridine rings is 1. The number of benzene rings is 1. The molecule has 27 heavy (non-hydrogen) atoms. The molecule has 1 aliphatic carbocycles. The predicted molar refractivity (Wildman–Crippen MR) is 106 cm³/mol. The summed E-state index contributed by atoms with van der Waals surface area (Å²) >= 11 is 0. The number of nitrogens with one attached hydrogen (secondary N) is 2. The summed E-state index contributed by atoms with van der Waals surface area (Å²) < 4.78 is 0. The molecule has 0 saturated heterocycles. The summed E-state index contributed by atoms with van der Waals surface area (Å²) in [6.07, 6.45) is 4.68. The smallest absolute Gasteiger partial charge is 0.228 e. The van der Waals surface area contributed by atoms with Gasteiger partial charge in [-0.25, -0.2) is 0 Å². The van der Waals surface area contributed by atoms with Crippen LogP contribution in [0.2, 0.25) is 0 Å². The van der Waals surface area contributed by atoms with Crippen LogP contribution in [0.4, 0.5) is 5.69 Å². The topological polar surface area (TPSA) is 71.1 Å². The molecule has 142 valence electrons. The third-order valence-electron chi connectivity index (χ3n) is 6.29. The number of carbonyl (C=O) groups excluding carboxylic acids is 2. The molecule has 1 aliphatic rings. The van der Waals surface area contributed by atoms with Crippen molar-refractivity contribution in [2.24, 2.45) is 16.7 Å². The van der Waals surface area contributed by atoms with Crippen molar-refractivity contribution in [1.29, 1.82) is 0 Å². The molecule has 1 fully saturated rings. The number of hydrogen-bond donors (Lipinski definition) is 2. The van der Waals surface area contributed by atoms with Gasteiger partial charge in [-0.2, -0.15) is 0 Å². The van der Waals surface area contributed by atoms with Gasteiger partial charge in [-0.1, -0.05) is 51.1 Å². The Labute approximate surface area is 160 Å². The van der Waals surface area contributed by atoms with Crippen molar-refractivity contribution in [1.82, 2.24) is 10.3 Å². The molecule has 1 heterocycles. The third-order valence-corrected chi connectivity index (χ3v) is 6.29. The number of anilines is 1. The first kappa shape index (κ1) is 19.1. The molecule has 2 aromatic rings. The minimum atomic E-state index is -0.595. The Kier molecular flexibility index (Phi) is 5.31. The molecule has 0 aliphatic heterocycles. The van der Waals surface area contributed by atoms with E-state index in [1.807, 2.05) is 51.1 Å². The van der Waals surface area contributed by atoms with Crippen molar-refractivity contribution in [3.05, 3.63) is 60.4 Å². The fourth-order valence-corrected chi connectivity index (χ4v) is 4.00. The molecule has 1 aromatic carbocycles. The van der Waals surface area contributed by atoms with Gasteiger partial charge in [-0.05, 0) is 36.0 Å². The van der Waals surface area contributed by atoms with Gasteiger partial charge in [-0.3, -0.25) is 14.6 Å². The monoisotopic (exact) mass is 365 g/mol. The number of nitrogens with zero attached hydrogens (tertiary/aromatic N) is 1. The molecule has 0 spiro atoms. The van der Waals surface area contributed by atoms with Gasteiger partial charge in [-0.15, -0.1) is 0 Å². The summed E-state index contributed by atoms with van der Waals surface area (Å²) in [7, 11) is 0. The second kappa shape index (κ2) is 7.51. The van der Waals surface area contributed by atoms with Crippen LogP contribution in [-0.4, -0.2) is 16.8 Å². The summed E-state index contributed by atoms with van der Waals surface area (Å²) in [4.78, 5) is 29.9. The molecular formula is C22H27N3O2. The molecule has 2 N–H and O–H groups in total. The SMILES string of the molecule is CC1(C(=O)NCc2ccccc2)CCC(C(=O)Nc2ccncc2)C1(C)C. The first-order valence-corrected chi connectivity index (χ1v) is 9.38. The van der Waals surface area contributed by atoms with Gasteiger partial charge < -0.3 is 10.6 Å². The fraction of sp³-hybridized carbons (Fsp3) is 0.409. The number of hydrogen-bond acceptors (Lipinski definition) is 3. The van der Waals surface area contributed by atoms with Crippen LogP contribution in [0.15, 0.2) is 54.9 Å². The Morgan fingerprint density at radius 2 is 1.74 bits per heavy atom. The molecule has 0 bridgehead atoms. The van der Waals surface area contributed by atoms with Gasteiger partial charge in [0.1, 0.15) is 0 Å². The molecular weight excluding hydrogens is 338 g/mol. The third kappa shape index (κ3) is 3.72. The van der Waals surface area contributed by atoms with Gasteiger partial charge in [0.05, 0.1) is 5.41 Å². The summed E-state index contributed by atoms with van der Waals surface area (Å²) in [5.41, 5.74) is 0.748. The van der Waals surface area contributed by atoms with Crippen molar-refractivity contribution >= 4 is 17.5 Å². The molecule has 5 nitrogen and oxygen atoms in total. The molecule has 0 radical (unpaired) electrons. The van der Waals surface area contributed by atoms with Crippen molar-refractivity contribution in [3.8, 4) is 0 Å². The van der Waals surface area contributed by atoms with Gasteiger partial charge in [0.2, 0.25) is 11.8 Å². The van der Waals surface area contributed by atoms with E-state index in [1.54, 1.807) is 24.5 Å². The van der Waals surface area contributed by atoms with E-state index in [-0.39, 0.29) is 17.7 Å². The Bertz CT molecular complexity index is 805. The van der Waals surface area contributed by atoms with E-state index in [0.29, 0.717) is 19.4 Å². The fourth-order valence-electron chi connectivity index (χ4n) is 4.00. The Morgan fingerprint density at radius 1 is 1.07 bits per heavy atom. The van der Waals surface area contributed by atoms with Crippen LogP contribution in [0.5, 0.6) is 0 Å². The molecule has 2 atom stereocenters. The highest BCUT2D eigenvalue weighted by Crippen LogP contribution is 2.56. The predicted octanol–water partition coefficient (Wildman–Crippen LogP) is 3.78.